The first-order chi connectivity index (χ1) is 35.7. The first kappa shape index (κ1) is 71.4. The van der Waals surface area contributed by atoms with E-state index in [1.54, 1.807) is 0 Å². The van der Waals surface area contributed by atoms with Gasteiger partial charge in [0, 0.05) is 19.3 Å². The van der Waals surface area contributed by atoms with Crippen LogP contribution in [0.2, 0.25) is 0 Å². The molecule has 0 aromatic carbocycles. The third kappa shape index (κ3) is 61.1. The van der Waals surface area contributed by atoms with Gasteiger partial charge in [-0.2, -0.15) is 0 Å². The molecule has 0 unspecified atom stereocenters. The highest BCUT2D eigenvalue weighted by Crippen LogP contribution is 2.19. The Hall–Kier alpha value is -1.59. The van der Waals surface area contributed by atoms with Gasteiger partial charge in [-0.25, -0.2) is 0 Å². The Morgan fingerprint density at radius 2 is 0.452 bits per heavy atom. The van der Waals surface area contributed by atoms with E-state index in [1.807, 2.05) is 0 Å². The highest BCUT2D eigenvalue weighted by atomic mass is 16.6. The minimum absolute atomic E-state index is 0.0615. The van der Waals surface area contributed by atoms with Gasteiger partial charge in [0.1, 0.15) is 13.2 Å². The van der Waals surface area contributed by atoms with Crippen LogP contribution in [0.3, 0.4) is 0 Å². The standard InChI is InChI=1S/C67H130O6/c1-6-7-8-9-10-11-12-13-14-17-22-29-34-39-44-49-54-59-67(70)73-64(61-72-66(69)58-53-48-43-38-33-28-24-23-26-31-36-41-46-51-56-63(4)5)60-71-65(68)57-52-47-42-37-32-27-21-19-16-15-18-20-25-30-35-40-45-50-55-62(2)3/h62-64H,6-61H2,1-5H3/t64-/m1/s1. The fourth-order valence-electron chi connectivity index (χ4n) is 10.5. The summed E-state index contributed by atoms with van der Waals surface area (Å²) in [5.74, 6) is 0.876. The molecule has 0 saturated carbocycles. The molecule has 0 rings (SSSR count). The monoisotopic (exact) mass is 1030 g/mol. The van der Waals surface area contributed by atoms with Crippen molar-refractivity contribution in [2.45, 2.75) is 387 Å². The van der Waals surface area contributed by atoms with E-state index in [4.69, 9.17) is 14.2 Å². The zero-order chi connectivity index (χ0) is 53.2. The van der Waals surface area contributed by atoms with Crippen LogP contribution in [0, 0.1) is 11.8 Å². The molecule has 0 heterocycles. The largest absolute Gasteiger partial charge is 0.462 e. The first-order valence-electron chi connectivity index (χ1n) is 33.2. The summed E-state index contributed by atoms with van der Waals surface area (Å²) in [5, 5.41) is 0. The number of hydrogen-bond acceptors (Lipinski definition) is 6. The number of ether oxygens (including phenoxy) is 3. The molecule has 0 aliphatic heterocycles. The van der Waals surface area contributed by atoms with Crippen LogP contribution in [0.5, 0.6) is 0 Å². The summed E-state index contributed by atoms with van der Waals surface area (Å²) in [5.41, 5.74) is 0. The molecule has 73 heavy (non-hydrogen) atoms. The summed E-state index contributed by atoms with van der Waals surface area (Å²) in [7, 11) is 0. The summed E-state index contributed by atoms with van der Waals surface area (Å²) in [6.07, 6.45) is 66.8. The fraction of sp³-hybridized carbons (Fsp3) is 0.955. The number of carbonyl (C=O) groups excluding carboxylic acids is 3. The Kier molecular flexibility index (Phi) is 58.4. The van der Waals surface area contributed by atoms with Crippen LogP contribution in [0.4, 0.5) is 0 Å². The molecule has 0 aliphatic carbocycles. The summed E-state index contributed by atoms with van der Waals surface area (Å²) >= 11 is 0. The maximum atomic E-state index is 12.9. The van der Waals surface area contributed by atoms with Crippen molar-refractivity contribution in [1.82, 2.24) is 0 Å². The summed E-state index contributed by atoms with van der Waals surface area (Å²) in [6, 6.07) is 0. The predicted octanol–water partition coefficient (Wildman–Crippen LogP) is 22.4. The van der Waals surface area contributed by atoms with Gasteiger partial charge in [0.15, 0.2) is 6.10 Å². The second kappa shape index (κ2) is 59.7. The van der Waals surface area contributed by atoms with Crippen molar-refractivity contribution in [2.24, 2.45) is 11.8 Å². The van der Waals surface area contributed by atoms with Crippen LogP contribution in [-0.4, -0.2) is 37.2 Å². The fourth-order valence-corrected chi connectivity index (χ4v) is 10.5. The van der Waals surface area contributed by atoms with Crippen molar-refractivity contribution in [3.05, 3.63) is 0 Å². The number of carbonyl (C=O) groups is 3. The van der Waals surface area contributed by atoms with Gasteiger partial charge in [0.05, 0.1) is 0 Å². The highest BCUT2D eigenvalue weighted by molar-refractivity contribution is 5.71. The summed E-state index contributed by atoms with van der Waals surface area (Å²) in [4.78, 5) is 38.4. The van der Waals surface area contributed by atoms with E-state index in [0.717, 1.165) is 69.6 Å². The van der Waals surface area contributed by atoms with E-state index < -0.39 is 6.10 Å². The average Bonchev–Trinajstić information content (AvgIpc) is 3.37. The van der Waals surface area contributed by atoms with E-state index in [9.17, 15) is 14.4 Å². The van der Waals surface area contributed by atoms with E-state index in [-0.39, 0.29) is 31.1 Å². The van der Waals surface area contributed by atoms with Gasteiger partial charge in [-0.1, -0.05) is 343 Å². The summed E-state index contributed by atoms with van der Waals surface area (Å²) in [6.45, 7) is 11.5. The molecule has 6 nitrogen and oxygen atoms in total. The number of rotatable bonds is 61. The van der Waals surface area contributed by atoms with Gasteiger partial charge in [-0.3, -0.25) is 14.4 Å². The molecule has 0 N–H and O–H groups in total. The van der Waals surface area contributed by atoms with E-state index in [2.05, 4.69) is 34.6 Å². The van der Waals surface area contributed by atoms with Crippen LogP contribution in [0.25, 0.3) is 0 Å². The lowest BCUT2D eigenvalue weighted by atomic mass is 10.0. The molecule has 0 aromatic heterocycles. The lowest BCUT2D eigenvalue weighted by molar-refractivity contribution is -0.167. The van der Waals surface area contributed by atoms with Crippen molar-refractivity contribution in [1.29, 1.82) is 0 Å². The van der Waals surface area contributed by atoms with Crippen LogP contribution < -0.4 is 0 Å². The third-order valence-electron chi connectivity index (χ3n) is 15.5. The Labute approximate surface area is 457 Å². The van der Waals surface area contributed by atoms with E-state index >= 15 is 0 Å². The Bertz CT molecular complexity index is 1120. The zero-order valence-corrected chi connectivity index (χ0v) is 50.3. The summed E-state index contributed by atoms with van der Waals surface area (Å²) < 4.78 is 17.0. The Morgan fingerprint density at radius 1 is 0.260 bits per heavy atom. The maximum absolute atomic E-state index is 12.9. The third-order valence-corrected chi connectivity index (χ3v) is 15.5. The molecule has 0 spiro atoms. The van der Waals surface area contributed by atoms with Crippen LogP contribution in [0.15, 0.2) is 0 Å². The topological polar surface area (TPSA) is 78.9 Å². The molecule has 1 atom stereocenters. The minimum atomic E-state index is -0.764. The molecular formula is C67H130O6. The molecule has 0 aromatic rings. The van der Waals surface area contributed by atoms with Gasteiger partial charge in [0.25, 0.3) is 0 Å². The van der Waals surface area contributed by atoms with Crippen LogP contribution in [-0.2, 0) is 28.6 Å². The number of esters is 3. The van der Waals surface area contributed by atoms with Gasteiger partial charge >= 0.3 is 17.9 Å². The van der Waals surface area contributed by atoms with Crippen molar-refractivity contribution >= 4 is 17.9 Å². The number of hydrogen-bond donors (Lipinski definition) is 0. The molecule has 0 radical (unpaired) electrons. The SMILES string of the molecule is CCCCCCCCCCCCCCCCCCCC(=O)O[C@H](COC(=O)CCCCCCCCCCCCCCCCCCCCC(C)C)COC(=O)CCCCCCCCCCCCCCCCC(C)C. The molecule has 0 amide bonds. The predicted molar refractivity (Wildman–Crippen MR) is 316 cm³/mol. The van der Waals surface area contributed by atoms with Gasteiger partial charge in [-0.05, 0) is 31.1 Å². The van der Waals surface area contributed by atoms with Crippen molar-refractivity contribution < 1.29 is 28.6 Å². The van der Waals surface area contributed by atoms with Crippen LogP contribution >= 0.6 is 0 Å². The Balaban J connectivity index is 4.27. The molecule has 0 saturated heterocycles. The molecule has 434 valence electrons. The molecule has 0 fully saturated rings. The van der Waals surface area contributed by atoms with Crippen LogP contribution in [0.1, 0.15) is 381 Å². The second-order valence-electron chi connectivity index (χ2n) is 24.1. The lowest BCUT2D eigenvalue weighted by Crippen LogP contribution is -2.30. The molecule has 6 heteroatoms. The quantitative estimate of drug-likeness (QED) is 0.0343. The van der Waals surface area contributed by atoms with Gasteiger partial charge in [0.2, 0.25) is 0 Å². The normalized spacial score (nSPS) is 12.0. The molecule has 0 bridgehead atoms. The smallest absolute Gasteiger partial charge is 0.306 e. The minimum Gasteiger partial charge on any atom is -0.462 e. The van der Waals surface area contributed by atoms with Gasteiger partial charge in [-0.15, -0.1) is 0 Å². The second-order valence-corrected chi connectivity index (χ2v) is 24.1. The zero-order valence-electron chi connectivity index (χ0n) is 50.3. The molecule has 0 aliphatic rings. The highest BCUT2D eigenvalue weighted by Gasteiger charge is 2.19. The Morgan fingerprint density at radius 3 is 0.671 bits per heavy atom. The van der Waals surface area contributed by atoms with E-state index in [1.165, 1.54) is 270 Å². The maximum Gasteiger partial charge on any atom is 0.306 e. The van der Waals surface area contributed by atoms with Crippen molar-refractivity contribution in [2.75, 3.05) is 13.2 Å². The first-order valence-corrected chi connectivity index (χ1v) is 33.2. The van der Waals surface area contributed by atoms with Crippen molar-refractivity contribution in [3.63, 3.8) is 0 Å². The molecular weight excluding hydrogens is 901 g/mol. The average molecular weight is 1030 g/mol. The number of unbranched alkanes of at least 4 members (excludes halogenated alkanes) is 46. The van der Waals surface area contributed by atoms with Gasteiger partial charge < -0.3 is 14.2 Å². The lowest BCUT2D eigenvalue weighted by Gasteiger charge is -2.18. The van der Waals surface area contributed by atoms with E-state index in [0.29, 0.717) is 19.3 Å². The van der Waals surface area contributed by atoms with Crippen molar-refractivity contribution in [3.8, 4) is 0 Å².